The van der Waals surface area contributed by atoms with Crippen molar-refractivity contribution in [3.05, 3.63) is 82.2 Å². The average Bonchev–Trinajstić information content (AvgIpc) is 3.20. The van der Waals surface area contributed by atoms with Crippen LogP contribution in [-0.4, -0.2) is 33.0 Å². The molecule has 0 saturated heterocycles. The number of aromatic carboxylic acids is 2. The van der Waals surface area contributed by atoms with Gasteiger partial charge in [-0.05, 0) is 60.4 Å². The number of anilines is 1. The molecular formula is C24H20N2O5. The number of fused-ring (bicyclic) bond motifs is 1. The Kier molecular flexibility index (Phi) is 4.94. The number of benzene rings is 2. The van der Waals surface area contributed by atoms with Crippen LogP contribution in [0, 0.1) is 13.8 Å². The molecule has 2 aromatic carbocycles. The molecule has 0 radical (unpaired) electrons. The second-order valence-electron chi connectivity index (χ2n) is 7.48. The maximum atomic E-state index is 12.6. The van der Waals surface area contributed by atoms with Crippen molar-refractivity contribution < 1.29 is 24.6 Å². The third kappa shape index (κ3) is 3.61. The minimum atomic E-state index is -0.987. The summed E-state index contributed by atoms with van der Waals surface area (Å²) in [4.78, 5) is 38.0. The number of aryl methyl sites for hydroxylation is 1. The van der Waals surface area contributed by atoms with E-state index in [1.165, 1.54) is 0 Å². The van der Waals surface area contributed by atoms with Crippen molar-refractivity contribution in [3.8, 4) is 11.1 Å². The highest BCUT2D eigenvalue weighted by atomic mass is 16.4. The van der Waals surface area contributed by atoms with Crippen molar-refractivity contribution in [3.63, 3.8) is 0 Å². The first kappa shape index (κ1) is 20.2. The standard InChI is InChI=1S/C24H20N2O5/c1-12-19(25-13(2)21(12)24(30)31)10-9-18-17-8-7-16(11-20(17)26-22(18)27)14-3-5-15(6-4-14)23(28)29/h3-11,18,25H,1-2H3,(H,26,27)(H,28,29)(H,30,31). The maximum absolute atomic E-state index is 12.6. The molecule has 1 unspecified atom stereocenters. The Bertz CT molecular complexity index is 1250. The smallest absolute Gasteiger partial charge is 0.337 e. The number of hydrogen-bond donors (Lipinski definition) is 4. The molecule has 0 bridgehead atoms. The fourth-order valence-corrected chi connectivity index (χ4v) is 3.92. The minimum Gasteiger partial charge on any atom is -0.478 e. The number of rotatable bonds is 5. The van der Waals surface area contributed by atoms with Crippen LogP contribution in [0.3, 0.4) is 0 Å². The van der Waals surface area contributed by atoms with Crippen LogP contribution in [0.15, 0.2) is 48.5 Å². The molecular weight excluding hydrogens is 396 g/mol. The van der Waals surface area contributed by atoms with E-state index in [1.807, 2.05) is 18.2 Å². The number of aromatic nitrogens is 1. The number of hydrogen-bond acceptors (Lipinski definition) is 3. The molecule has 3 aromatic rings. The van der Waals surface area contributed by atoms with Crippen LogP contribution in [0.4, 0.5) is 5.69 Å². The Morgan fingerprint density at radius 1 is 0.968 bits per heavy atom. The fraction of sp³-hybridized carbons (Fsp3) is 0.125. The Balaban J connectivity index is 1.62. The third-order valence-corrected chi connectivity index (χ3v) is 5.54. The number of H-pyrrole nitrogens is 1. The van der Waals surface area contributed by atoms with Crippen LogP contribution >= 0.6 is 0 Å². The van der Waals surface area contributed by atoms with Crippen molar-refractivity contribution in [1.82, 2.24) is 4.98 Å². The van der Waals surface area contributed by atoms with E-state index < -0.39 is 17.9 Å². The molecule has 2 heterocycles. The van der Waals surface area contributed by atoms with Crippen LogP contribution in [0.5, 0.6) is 0 Å². The van der Waals surface area contributed by atoms with E-state index in [4.69, 9.17) is 5.11 Å². The van der Waals surface area contributed by atoms with Gasteiger partial charge in [0.2, 0.25) is 5.91 Å². The van der Waals surface area contributed by atoms with Gasteiger partial charge in [0.1, 0.15) is 0 Å². The van der Waals surface area contributed by atoms with Gasteiger partial charge in [-0.3, -0.25) is 4.79 Å². The van der Waals surface area contributed by atoms with E-state index in [9.17, 15) is 19.5 Å². The highest BCUT2D eigenvalue weighted by Crippen LogP contribution is 2.37. The van der Waals surface area contributed by atoms with E-state index in [0.29, 0.717) is 22.6 Å². The number of aromatic amines is 1. The van der Waals surface area contributed by atoms with E-state index in [-0.39, 0.29) is 17.0 Å². The first-order valence-electron chi connectivity index (χ1n) is 9.65. The zero-order chi connectivity index (χ0) is 22.3. The highest BCUT2D eigenvalue weighted by molar-refractivity contribution is 6.05. The summed E-state index contributed by atoms with van der Waals surface area (Å²) in [6.07, 6.45) is 3.50. The largest absolute Gasteiger partial charge is 0.478 e. The third-order valence-electron chi connectivity index (χ3n) is 5.54. The van der Waals surface area contributed by atoms with Crippen molar-refractivity contribution in [2.24, 2.45) is 0 Å². The summed E-state index contributed by atoms with van der Waals surface area (Å²) in [6, 6.07) is 12.2. The van der Waals surface area contributed by atoms with Gasteiger partial charge < -0.3 is 20.5 Å². The Morgan fingerprint density at radius 2 is 1.65 bits per heavy atom. The van der Waals surface area contributed by atoms with E-state index in [1.54, 1.807) is 50.3 Å². The molecule has 7 heteroatoms. The molecule has 156 valence electrons. The summed E-state index contributed by atoms with van der Waals surface area (Å²) in [5.41, 5.74) is 5.54. The van der Waals surface area contributed by atoms with Crippen molar-refractivity contribution in [2.75, 3.05) is 5.32 Å². The van der Waals surface area contributed by atoms with Crippen molar-refractivity contribution in [2.45, 2.75) is 19.8 Å². The first-order chi connectivity index (χ1) is 14.8. The molecule has 4 rings (SSSR count). The molecule has 0 spiro atoms. The summed E-state index contributed by atoms with van der Waals surface area (Å²) in [6.45, 7) is 3.44. The first-order valence-corrected chi connectivity index (χ1v) is 9.65. The topological polar surface area (TPSA) is 119 Å². The van der Waals surface area contributed by atoms with Gasteiger partial charge in [0.15, 0.2) is 0 Å². The van der Waals surface area contributed by atoms with E-state index in [0.717, 1.165) is 16.7 Å². The van der Waals surface area contributed by atoms with Gasteiger partial charge in [0.05, 0.1) is 17.0 Å². The van der Waals surface area contributed by atoms with Gasteiger partial charge >= 0.3 is 11.9 Å². The van der Waals surface area contributed by atoms with Gasteiger partial charge in [-0.25, -0.2) is 9.59 Å². The van der Waals surface area contributed by atoms with Crippen LogP contribution in [0.25, 0.3) is 17.2 Å². The number of nitrogens with one attached hydrogen (secondary N) is 2. The number of carboxylic acids is 2. The van der Waals surface area contributed by atoms with Crippen molar-refractivity contribution >= 4 is 29.6 Å². The molecule has 1 amide bonds. The second kappa shape index (κ2) is 7.60. The number of carboxylic acid groups (broad SMARTS) is 2. The van der Waals surface area contributed by atoms with E-state index in [2.05, 4.69) is 10.3 Å². The average molecular weight is 416 g/mol. The lowest BCUT2D eigenvalue weighted by Gasteiger charge is -2.07. The van der Waals surface area contributed by atoms with Gasteiger partial charge in [0, 0.05) is 17.1 Å². The zero-order valence-corrected chi connectivity index (χ0v) is 16.9. The van der Waals surface area contributed by atoms with Gasteiger partial charge in [-0.15, -0.1) is 0 Å². The Labute approximate surface area is 178 Å². The molecule has 4 N–H and O–H groups in total. The minimum absolute atomic E-state index is 0.163. The second-order valence-corrected chi connectivity index (χ2v) is 7.48. The molecule has 1 aliphatic heterocycles. The normalized spacial score (nSPS) is 15.2. The molecule has 31 heavy (non-hydrogen) atoms. The molecule has 1 aromatic heterocycles. The van der Waals surface area contributed by atoms with Crippen molar-refractivity contribution in [1.29, 1.82) is 0 Å². The number of amides is 1. The van der Waals surface area contributed by atoms with Crippen LogP contribution in [-0.2, 0) is 4.79 Å². The number of carbonyl (C=O) groups is 3. The molecule has 1 atom stereocenters. The predicted octanol–water partition coefficient (Wildman–Crippen LogP) is 4.44. The van der Waals surface area contributed by atoms with Crippen LogP contribution < -0.4 is 5.32 Å². The summed E-state index contributed by atoms with van der Waals surface area (Å²) in [7, 11) is 0. The monoisotopic (exact) mass is 416 g/mol. The molecule has 7 nitrogen and oxygen atoms in total. The lowest BCUT2D eigenvalue weighted by molar-refractivity contribution is -0.116. The summed E-state index contributed by atoms with van der Waals surface area (Å²) in [5.74, 6) is -2.62. The fourth-order valence-electron chi connectivity index (χ4n) is 3.92. The van der Waals surface area contributed by atoms with Gasteiger partial charge in [-0.1, -0.05) is 30.3 Å². The lowest BCUT2D eigenvalue weighted by Crippen LogP contribution is -2.09. The molecule has 0 aliphatic carbocycles. The molecule has 0 saturated carbocycles. The van der Waals surface area contributed by atoms with Crippen LogP contribution in [0.2, 0.25) is 0 Å². The van der Waals surface area contributed by atoms with Gasteiger partial charge in [-0.2, -0.15) is 0 Å². The summed E-state index contributed by atoms with van der Waals surface area (Å²) >= 11 is 0. The Morgan fingerprint density at radius 3 is 2.26 bits per heavy atom. The summed E-state index contributed by atoms with van der Waals surface area (Å²) < 4.78 is 0. The molecule has 0 fully saturated rings. The zero-order valence-electron chi connectivity index (χ0n) is 16.9. The maximum Gasteiger partial charge on any atom is 0.337 e. The quantitative estimate of drug-likeness (QED) is 0.490. The lowest BCUT2D eigenvalue weighted by atomic mass is 9.96. The SMILES string of the molecule is Cc1[nH]c(C=CC2C(=O)Nc3cc(-c4ccc(C(=O)O)cc4)ccc32)c(C)c1C(=O)O. The molecule has 1 aliphatic rings. The number of carbonyl (C=O) groups excluding carboxylic acids is 1. The highest BCUT2D eigenvalue weighted by Gasteiger charge is 2.29. The van der Waals surface area contributed by atoms with Crippen LogP contribution in [0.1, 0.15) is 49.1 Å². The predicted molar refractivity (Wildman–Crippen MR) is 116 cm³/mol. The van der Waals surface area contributed by atoms with Gasteiger partial charge in [0.25, 0.3) is 0 Å². The Hall–Kier alpha value is -4.13. The summed E-state index contributed by atoms with van der Waals surface area (Å²) in [5, 5.41) is 21.3. The van der Waals surface area contributed by atoms with E-state index >= 15 is 0 Å².